The summed E-state index contributed by atoms with van der Waals surface area (Å²) in [5.74, 6) is -2.53. The molecule has 0 aromatic heterocycles. The van der Waals surface area contributed by atoms with Gasteiger partial charge in [0.05, 0.1) is 30.3 Å². The van der Waals surface area contributed by atoms with Crippen LogP contribution in [0.25, 0.3) is 0 Å². The molecule has 7 heteroatoms. The van der Waals surface area contributed by atoms with Crippen LogP contribution in [-0.2, 0) is 20.7 Å². The lowest BCUT2D eigenvalue weighted by Gasteiger charge is -2.27. The third kappa shape index (κ3) is 2.76. The molecule has 2 aliphatic heterocycles. The number of esters is 1. The van der Waals surface area contributed by atoms with Crippen molar-refractivity contribution in [2.75, 3.05) is 18.1 Å². The van der Waals surface area contributed by atoms with E-state index in [1.165, 1.54) is 4.90 Å². The molecule has 0 fully saturated rings. The van der Waals surface area contributed by atoms with E-state index in [0.29, 0.717) is 23.2 Å². The number of para-hydroxylation sites is 1. The molecule has 142 valence electrons. The molecule has 0 spiro atoms. The smallest absolute Gasteiger partial charge is 0.397 e. The molecule has 0 aliphatic carbocycles. The number of benzene rings is 2. The molecule has 2 aliphatic rings. The van der Waals surface area contributed by atoms with Crippen LogP contribution >= 0.6 is 0 Å². The van der Waals surface area contributed by atoms with Crippen LogP contribution in [0.4, 0.5) is 5.69 Å². The minimum absolute atomic E-state index is 0.00612. The number of hydrogen-bond acceptors (Lipinski definition) is 5. The first-order valence-electron chi connectivity index (χ1n) is 9.06. The molecule has 0 radical (unpaired) electrons. The fourth-order valence-electron chi connectivity index (χ4n) is 3.79. The summed E-state index contributed by atoms with van der Waals surface area (Å²) < 4.78 is 4.86. The summed E-state index contributed by atoms with van der Waals surface area (Å²) in [6.45, 7) is 1.72. The zero-order valence-corrected chi connectivity index (χ0v) is 15.3. The number of amides is 3. The number of carbonyl (C=O) groups excluding carboxylic acids is 4. The van der Waals surface area contributed by atoms with Crippen LogP contribution in [0.15, 0.2) is 48.5 Å². The summed E-state index contributed by atoms with van der Waals surface area (Å²) in [6.07, 6.45) is 0.439. The highest BCUT2D eigenvalue weighted by atomic mass is 16.5. The van der Waals surface area contributed by atoms with E-state index < -0.39 is 17.9 Å². The van der Waals surface area contributed by atoms with E-state index in [2.05, 4.69) is 0 Å². The van der Waals surface area contributed by atoms with Crippen molar-refractivity contribution < 1.29 is 23.9 Å². The van der Waals surface area contributed by atoms with Crippen LogP contribution in [0.2, 0.25) is 0 Å². The molecule has 28 heavy (non-hydrogen) atoms. The fraction of sp³-hybridized carbons (Fsp3) is 0.238. The highest BCUT2D eigenvalue weighted by Gasteiger charge is 2.42. The number of anilines is 1. The SMILES string of the molecule is CCOC(=O)C(=O)N1c2ccccc2CC1CN1C(=O)c2ccccc2C1=O. The Labute approximate surface area is 161 Å². The molecule has 2 aromatic rings. The summed E-state index contributed by atoms with van der Waals surface area (Å²) >= 11 is 0. The number of fused-ring (bicyclic) bond motifs is 2. The minimum Gasteiger partial charge on any atom is -0.459 e. The van der Waals surface area contributed by atoms with Crippen LogP contribution in [0, 0.1) is 0 Å². The molecule has 0 bridgehead atoms. The van der Waals surface area contributed by atoms with Crippen LogP contribution in [-0.4, -0.2) is 47.8 Å². The van der Waals surface area contributed by atoms with Crippen molar-refractivity contribution >= 4 is 29.4 Å². The second-order valence-corrected chi connectivity index (χ2v) is 6.65. The average Bonchev–Trinajstić information content (AvgIpc) is 3.19. The van der Waals surface area contributed by atoms with E-state index in [9.17, 15) is 19.2 Å². The van der Waals surface area contributed by atoms with Gasteiger partial charge >= 0.3 is 11.9 Å². The molecule has 0 saturated heterocycles. The molecular weight excluding hydrogens is 360 g/mol. The van der Waals surface area contributed by atoms with Crippen LogP contribution in [0.5, 0.6) is 0 Å². The molecule has 3 amide bonds. The van der Waals surface area contributed by atoms with Crippen molar-refractivity contribution in [2.24, 2.45) is 0 Å². The van der Waals surface area contributed by atoms with E-state index in [1.54, 1.807) is 43.3 Å². The summed E-state index contributed by atoms with van der Waals surface area (Å²) in [5.41, 5.74) is 2.18. The monoisotopic (exact) mass is 378 g/mol. The van der Waals surface area contributed by atoms with E-state index in [4.69, 9.17) is 4.74 Å². The Morgan fingerprint density at radius 1 is 1.00 bits per heavy atom. The number of ether oxygens (including phenoxy) is 1. The number of carbonyl (C=O) groups is 4. The summed E-state index contributed by atoms with van der Waals surface area (Å²) in [5, 5.41) is 0. The maximum Gasteiger partial charge on any atom is 0.397 e. The van der Waals surface area contributed by atoms with Crippen LogP contribution < -0.4 is 4.90 Å². The number of hydrogen-bond donors (Lipinski definition) is 0. The maximum atomic E-state index is 12.7. The Morgan fingerprint density at radius 2 is 1.61 bits per heavy atom. The van der Waals surface area contributed by atoms with Gasteiger partial charge in [-0.1, -0.05) is 30.3 Å². The third-order valence-electron chi connectivity index (χ3n) is 5.01. The highest BCUT2D eigenvalue weighted by molar-refractivity contribution is 6.38. The van der Waals surface area contributed by atoms with Gasteiger partial charge in [-0.05, 0) is 37.1 Å². The van der Waals surface area contributed by atoms with Gasteiger partial charge in [-0.2, -0.15) is 0 Å². The molecular formula is C21H18N2O5. The van der Waals surface area contributed by atoms with Gasteiger partial charge < -0.3 is 4.74 Å². The topological polar surface area (TPSA) is 84.0 Å². The lowest BCUT2D eigenvalue weighted by atomic mass is 10.1. The first-order chi connectivity index (χ1) is 13.5. The number of imide groups is 1. The first kappa shape index (κ1) is 17.9. The molecule has 1 unspecified atom stereocenters. The van der Waals surface area contributed by atoms with Crippen molar-refractivity contribution in [1.29, 1.82) is 0 Å². The lowest BCUT2D eigenvalue weighted by molar-refractivity contribution is -0.153. The summed E-state index contributed by atoms with van der Waals surface area (Å²) in [4.78, 5) is 52.7. The maximum absolute atomic E-state index is 12.7. The number of rotatable bonds is 3. The Balaban J connectivity index is 1.64. The second kappa shape index (κ2) is 6.92. The van der Waals surface area contributed by atoms with Gasteiger partial charge in [0.1, 0.15) is 0 Å². The second-order valence-electron chi connectivity index (χ2n) is 6.65. The molecule has 2 heterocycles. The van der Waals surface area contributed by atoms with Gasteiger partial charge in [0.2, 0.25) is 0 Å². The van der Waals surface area contributed by atoms with E-state index in [1.807, 2.05) is 12.1 Å². The van der Waals surface area contributed by atoms with E-state index >= 15 is 0 Å². The van der Waals surface area contributed by atoms with Crippen molar-refractivity contribution in [3.63, 3.8) is 0 Å². The van der Waals surface area contributed by atoms with E-state index in [-0.39, 0.29) is 25.0 Å². The predicted octanol–water partition coefficient (Wildman–Crippen LogP) is 1.80. The minimum atomic E-state index is -0.952. The molecule has 2 aromatic carbocycles. The Hall–Kier alpha value is -3.48. The van der Waals surface area contributed by atoms with Crippen molar-refractivity contribution in [2.45, 2.75) is 19.4 Å². The van der Waals surface area contributed by atoms with Gasteiger partial charge in [0, 0.05) is 5.69 Å². The number of nitrogens with zero attached hydrogens (tertiary/aromatic N) is 2. The molecule has 7 nitrogen and oxygen atoms in total. The first-order valence-corrected chi connectivity index (χ1v) is 9.06. The van der Waals surface area contributed by atoms with Crippen molar-refractivity contribution in [1.82, 2.24) is 4.90 Å². The van der Waals surface area contributed by atoms with Crippen molar-refractivity contribution in [3.8, 4) is 0 Å². The van der Waals surface area contributed by atoms with Crippen LogP contribution in [0.1, 0.15) is 33.2 Å². The highest BCUT2D eigenvalue weighted by Crippen LogP contribution is 2.34. The standard InChI is InChI=1S/C21H18N2O5/c1-2-28-21(27)20(26)23-14(11-13-7-3-6-10-17(13)23)12-22-18(24)15-8-4-5-9-16(15)19(22)25/h3-10,14H,2,11-12H2,1H3. The zero-order chi connectivity index (χ0) is 19.8. The normalized spacial score (nSPS) is 17.5. The Kier molecular flexibility index (Phi) is 4.43. The van der Waals surface area contributed by atoms with Gasteiger partial charge in [-0.25, -0.2) is 4.79 Å². The lowest BCUT2D eigenvalue weighted by Crippen LogP contribution is -2.49. The van der Waals surface area contributed by atoms with E-state index in [0.717, 1.165) is 10.5 Å². The van der Waals surface area contributed by atoms with Gasteiger partial charge in [0.15, 0.2) is 0 Å². The Bertz CT molecular complexity index is 965. The third-order valence-corrected chi connectivity index (χ3v) is 5.01. The largest absolute Gasteiger partial charge is 0.459 e. The Morgan fingerprint density at radius 3 is 2.25 bits per heavy atom. The average molecular weight is 378 g/mol. The molecule has 4 rings (SSSR count). The quantitative estimate of drug-likeness (QED) is 0.462. The van der Waals surface area contributed by atoms with Gasteiger partial charge in [-0.3, -0.25) is 24.2 Å². The van der Waals surface area contributed by atoms with Crippen LogP contribution in [0.3, 0.4) is 0 Å². The zero-order valence-electron chi connectivity index (χ0n) is 15.3. The molecule has 0 N–H and O–H groups in total. The molecule has 1 atom stereocenters. The fourth-order valence-corrected chi connectivity index (χ4v) is 3.79. The van der Waals surface area contributed by atoms with Gasteiger partial charge in [-0.15, -0.1) is 0 Å². The summed E-state index contributed by atoms with van der Waals surface area (Å²) in [6, 6.07) is 13.3. The predicted molar refractivity (Wildman–Crippen MR) is 99.9 cm³/mol. The molecule has 0 saturated carbocycles. The summed E-state index contributed by atoms with van der Waals surface area (Å²) in [7, 11) is 0. The van der Waals surface area contributed by atoms with Crippen molar-refractivity contribution in [3.05, 3.63) is 65.2 Å². The van der Waals surface area contributed by atoms with Gasteiger partial charge in [0.25, 0.3) is 11.8 Å².